The zero-order valence-electron chi connectivity index (χ0n) is 7.86. The van der Waals surface area contributed by atoms with Crippen molar-refractivity contribution < 1.29 is 14.6 Å². The molecule has 0 unspecified atom stereocenters. The number of hydrogen-bond donors (Lipinski definition) is 1. The molecule has 1 rings (SSSR count). The predicted molar refractivity (Wildman–Crippen MR) is 50.1 cm³/mol. The molecule has 0 aliphatic carbocycles. The summed E-state index contributed by atoms with van der Waals surface area (Å²) in [7, 11) is 1.64. The van der Waals surface area contributed by atoms with Gasteiger partial charge in [-0.05, 0) is 31.2 Å². The van der Waals surface area contributed by atoms with Crippen LogP contribution in [-0.4, -0.2) is 24.9 Å². The van der Waals surface area contributed by atoms with Gasteiger partial charge < -0.3 is 14.6 Å². The van der Waals surface area contributed by atoms with Crippen LogP contribution in [0.1, 0.15) is 6.92 Å². The van der Waals surface area contributed by atoms with E-state index in [2.05, 4.69) is 0 Å². The second kappa shape index (κ2) is 4.72. The van der Waals surface area contributed by atoms with E-state index in [1.165, 1.54) is 0 Å². The summed E-state index contributed by atoms with van der Waals surface area (Å²) >= 11 is 0. The lowest BCUT2D eigenvalue weighted by Crippen LogP contribution is -2.15. The van der Waals surface area contributed by atoms with Gasteiger partial charge in [0.2, 0.25) is 0 Å². The third-order valence-electron chi connectivity index (χ3n) is 1.72. The van der Waals surface area contributed by atoms with E-state index in [9.17, 15) is 0 Å². The molecule has 72 valence electrons. The highest BCUT2D eigenvalue weighted by Crippen LogP contribution is 2.15. The highest BCUT2D eigenvalue weighted by Gasteiger charge is 2.00. The lowest BCUT2D eigenvalue weighted by atomic mass is 10.3. The highest BCUT2D eigenvalue weighted by atomic mass is 16.5. The van der Waals surface area contributed by atoms with E-state index in [1.54, 1.807) is 31.4 Å². The summed E-state index contributed by atoms with van der Waals surface area (Å²) in [4.78, 5) is 0. The molecule has 0 aromatic heterocycles. The van der Waals surface area contributed by atoms with Crippen LogP contribution in [0.5, 0.6) is 11.5 Å². The molecule has 0 fully saturated rings. The Morgan fingerprint density at radius 2 is 1.92 bits per heavy atom. The standard InChI is InChI=1S/C10H14O3/c1-8(12-2)7-13-10-5-3-9(11)4-6-10/h3-6,8,11H,7H2,1-2H3/t8-/m0/s1. The van der Waals surface area contributed by atoms with E-state index in [1.807, 2.05) is 6.92 Å². The van der Waals surface area contributed by atoms with E-state index in [-0.39, 0.29) is 11.9 Å². The smallest absolute Gasteiger partial charge is 0.119 e. The van der Waals surface area contributed by atoms with E-state index in [4.69, 9.17) is 14.6 Å². The van der Waals surface area contributed by atoms with Gasteiger partial charge >= 0.3 is 0 Å². The van der Waals surface area contributed by atoms with Gasteiger partial charge in [-0.3, -0.25) is 0 Å². The zero-order valence-corrected chi connectivity index (χ0v) is 7.86. The van der Waals surface area contributed by atoms with Crippen LogP contribution in [-0.2, 0) is 4.74 Å². The van der Waals surface area contributed by atoms with Crippen molar-refractivity contribution in [2.45, 2.75) is 13.0 Å². The number of benzene rings is 1. The van der Waals surface area contributed by atoms with Crippen molar-refractivity contribution in [1.82, 2.24) is 0 Å². The molecule has 1 atom stereocenters. The van der Waals surface area contributed by atoms with Crippen LogP contribution >= 0.6 is 0 Å². The fraction of sp³-hybridized carbons (Fsp3) is 0.400. The Kier molecular flexibility index (Phi) is 3.58. The number of hydrogen-bond acceptors (Lipinski definition) is 3. The summed E-state index contributed by atoms with van der Waals surface area (Å²) in [6.45, 7) is 2.45. The van der Waals surface area contributed by atoms with Gasteiger partial charge in [0.15, 0.2) is 0 Å². The van der Waals surface area contributed by atoms with Crippen LogP contribution in [0.4, 0.5) is 0 Å². The molecule has 0 aliphatic heterocycles. The average molecular weight is 182 g/mol. The fourth-order valence-corrected chi connectivity index (χ4v) is 0.824. The molecule has 0 bridgehead atoms. The second-order valence-corrected chi connectivity index (χ2v) is 2.85. The first-order valence-corrected chi connectivity index (χ1v) is 4.17. The Balaban J connectivity index is 2.41. The number of ether oxygens (including phenoxy) is 2. The molecule has 0 radical (unpaired) electrons. The number of phenols is 1. The van der Waals surface area contributed by atoms with Crippen LogP contribution in [0.25, 0.3) is 0 Å². The summed E-state index contributed by atoms with van der Waals surface area (Å²) in [5, 5.41) is 9.00. The van der Waals surface area contributed by atoms with Crippen LogP contribution < -0.4 is 4.74 Å². The summed E-state index contributed by atoms with van der Waals surface area (Å²) in [5.74, 6) is 0.980. The minimum Gasteiger partial charge on any atom is -0.508 e. The number of aromatic hydroxyl groups is 1. The van der Waals surface area contributed by atoms with Gasteiger partial charge in [0, 0.05) is 7.11 Å². The molecule has 1 aromatic rings. The van der Waals surface area contributed by atoms with Gasteiger partial charge in [0.05, 0.1) is 6.10 Å². The Hall–Kier alpha value is -1.22. The molecular formula is C10H14O3. The lowest BCUT2D eigenvalue weighted by Gasteiger charge is -2.10. The average Bonchev–Trinajstić information content (AvgIpc) is 2.16. The number of rotatable bonds is 4. The summed E-state index contributed by atoms with van der Waals surface area (Å²) < 4.78 is 10.4. The van der Waals surface area contributed by atoms with Crippen molar-refractivity contribution in [3.63, 3.8) is 0 Å². The van der Waals surface area contributed by atoms with Crippen molar-refractivity contribution >= 4 is 0 Å². The largest absolute Gasteiger partial charge is 0.508 e. The summed E-state index contributed by atoms with van der Waals surface area (Å²) in [6, 6.07) is 6.62. The number of methoxy groups -OCH3 is 1. The number of phenolic OH excluding ortho intramolecular Hbond substituents is 1. The van der Waals surface area contributed by atoms with Crippen molar-refractivity contribution in [2.75, 3.05) is 13.7 Å². The Morgan fingerprint density at radius 3 is 2.46 bits per heavy atom. The second-order valence-electron chi connectivity index (χ2n) is 2.85. The lowest BCUT2D eigenvalue weighted by molar-refractivity contribution is 0.0716. The van der Waals surface area contributed by atoms with Gasteiger partial charge in [-0.1, -0.05) is 0 Å². The fourth-order valence-electron chi connectivity index (χ4n) is 0.824. The minimum absolute atomic E-state index is 0.0776. The van der Waals surface area contributed by atoms with Gasteiger partial charge in [-0.25, -0.2) is 0 Å². The minimum atomic E-state index is 0.0776. The first-order chi connectivity index (χ1) is 6.22. The van der Waals surface area contributed by atoms with E-state index in [0.29, 0.717) is 6.61 Å². The third-order valence-corrected chi connectivity index (χ3v) is 1.72. The van der Waals surface area contributed by atoms with Crippen molar-refractivity contribution in [2.24, 2.45) is 0 Å². The Morgan fingerprint density at radius 1 is 1.31 bits per heavy atom. The third kappa shape index (κ3) is 3.34. The maximum Gasteiger partial charge on any atom is 0.119 e. The zero-order chi connectivity index (χ0) is 9.68. The monoisotopic (exact) mass is 182 g/mol. The topological polar surface area (TPSA) is 38.7 Å². The Labute approximate surface area is 77.9 Å². The first-order valence-electron chi connectivity index (χ1n) is 4.17. The molecular weight excluding hydrogens is 168 g/mol. The maximum atomic E-state index is 9.00. The van der Waals surface area contributed by atoms with Gasteiger partial charge in [-0.15, -0.1) is 0 Å². The highest BCUT2D eigenvalue weighted by molar-refractivity contribution is 5.29. The molecule has 0 saturated heterocycles. The SMILES string of the molecule is CO[C@@H](C)COc1ccc(O)cc1. The van der Waals surface area contributed by atoms with Crippen molar-refractivity contribution in [3.8, 4) is 11.5 Å². The van der Waals surface area contributed by atoms with Crippen LogP contribution in [0.2, 0.25) is 0 Å². The van der Waals surface area contributed by atoms with Crippen LogP contribution in [0, 0.1) is 0 Å². The van der Waals surface area contributed by atoms with Gasteiger partial charge in [0.25, 0.3) is 0 Å². The molecule has 1 N–H and O–H groups in total. The van der Waals surface area contributed by atoms with E-state index < -0.39 is 0 Å². The van der Waals surface area contributed by atoms with Crippen LogP contribution in [0.3, 0.4) is 0 Å². The first kappa shape index (κ1) is 9.86. The maximum absolute atomic E-state index is 9.00. The summed E-state index contributed by atoms with van der Waals surface area (Å²) in [5.41, 5.74) is 0. The van der Waals surface area contributed by atoms with Gasteiger partial charge in [-0.2, -0.15) is 0 Å². The summed E-state index contributed by atoms with van der Waals surface area (Å²) in [6.07, 6.45) is 0.0776. The molecule has 0 saturated carbocycles. The molecule has 13 heavy (non-hydrogen) atoms. The van der Waals surface area contributed by atoms with E-state index >= 15 is 0 Å². The molecule has 0 aliphatic rings. The van der Waals surface area contributed by atoms with Crippen LogP contribution in [0.15, 0.2) is 24.3 Å². The molecule has 0 spiro atoms. The quantitative estimate of drug-likeness (QED) is 0.771. The van der Waals surface area contributed by atoms with Gasteiger partial charge in [0.1, 0.15) is 18.1 Å². The normalized spacial score (nSPS) is 12.5. The van der Waals surface area contributed by atoms with Crippen molar-refractivity contribution in [1.29, 1.82) is 0 Å². The Bertz CT molecular complexity index is 243. The molecule has 3 nitrogen and oxygen atoms in total. The molecule has 0 heterocycles. The molecule has 3 heteroatoms. The molecule has 0 amide bonds. The van der Waals surface area contributed by atoms with Crippen molar-refractivity contribution in [3.05, 3.63) is 24.3 Å². The molecule has 1 aromatic carbocycles. The predicted octanol–water partition coefficient (Wildman–Crippen LogP) is 1.81. The van der Waals surface area contributed by atoms with E-state index in [0.717, 1.165) is 5.75 Å².